The number of nitrogens with two attached hydrogens (primary N) is 1. The lowest BCUT2D eigenvalue weighted by Gasteiger charge is -2.02. The van der Waals surface area contributed by atoms with E-state index in [1.165, 1.54) is 23.9 Å². The number of hydrogen-bond acceptors (Lipinski definition) is 4. The van der Waals surface area contributed by atoms with Crippen molar-refractivity contribution in [2.75, 3.05) is 5.73 Å². The van der Waals surface area contributed by atoms with Crippen molar-refractivity contribution in [3.8, 4) is 0 Å². The molecule has 0 fully saturated rings. The fraction of sp³-hybridized carbons (Fsp3) is 0.111. The third kappa shape index (κ3) is 2.27. The van der Waals surface area contributed by atoms with Gasteiger partial charge in [0.2, 0.25) is 0 Å². The highest BCUT2D eigenvalue weighted by Gasteiger charge is 2.05. The molecule has 0 saturated carbocycles. The molecule has 2 rings (SSSR count). The summed E-state index contributed by atoms with van der Waals surface area (Å²) < 4.78 is 14.8. The van der Waals surface area contributed by atoms with Gasteiger partial charge >= 0.3 is 0 Å². The molecule has 0 aliphatic carbocycles. The van der Waals surface area contributed by atoms with E-state index in [-0.39, 0.29) is 5.82 Å². The number of anilines is 1. The van der Waals surface area contributed by atoms with Crippen molar-refractivity contribution in [1.82, 2.24) is 14.8 Å². The van der Waals surface area contributed by atoms with Gasteiger partial charge in [0, 0.05) is 17.6 Å². The minimum absolute atomic E-state index is 0.348. The summed E-state index contributed by atoms with van der Waals surface area (Å²) in [5.74, 6) is -0.348. The van der Waals surface area contributed by atoms with Crippen molar-refractivity contribution in [2.24, 2.45) is 7.05 Å². The van der Waals surface area contributed by atoms with Gasteiger partial charge in [0.25, 0.3) is 0 Å². The lowest BCUT2D eigenvalue weighted by molar-refractivity contribution is 0.625. The van der Waals surface area contributed by atoms with Gasteiger partial charge in [-0.3, -0.25) is 0 Å². The Morgan fingerprint density at radius 1 is 1.40 bits per heavy atom. The van der Waals surface area contributed by atoms with Gasteiger partial charge in [-0.25, -0.2) is 4.39 Å². The molecule has 1 aromatic carbocycles. The van der Waals surface area contributed by atoms with Gasteiger partial charge in [-0.15, -0.1) is 10.2 Å². The van der Waals surface area contributed by atoms with E-state index < -0.39 is 0 Å². The van der Waals surface area contributed by atoms with Crippen LogP contribution in [0, 0.1) is 5.82 Å². The maximum atomic E-state index is 13.0. The molecule has 1 aromatic heterocycles. The normalized spacial score (nSPS) is 10.5. The molecule has 6 heteroatoms. The number of aryl methyl sites for hydroxylation is 1. The van der Waals surface area contributed by atoms with E-state index in [2.05, 4.69) is 10.2 Å². The first kappa shape index (κ1) is 9.97. The van der Waals surface area contributed by atoms with E-state index in [9.17, 15) is 4.39 Å². The van der Waals surface area contributed by atoms with Crippen molar-refractivity contribution in [1.29, 1.82) is 0 Å². The molecule has 0 amide bonds. The second-order valence-electron chi connectivity index (χ2n) is 3.05. The van der Waals surface area contributed by atoms with Gasteiger partial charge in [-0.1, -0.05) is 0 Å². The zero-order valence-electron chi connectivity index (χ0n) is 8.01. The van der Waals surface area contributed by atoms with Crippen molar-refractivity contribution in [3.05, 3.63) is 30.3 Å². The van der Waals surface area contributed by atoms with E-state index >= 15 is 0 Å². The Labute approximate surface area is 90.3 Å². The van der Waals surface area contributed by atoms with E-state index in [1.54, 1.807) is 17.0 Å². The summed E-state index contributed by atoms with van der Waals surface area (Å²) >= 11 is 1.32. The number of nitrogens with zero attached hydrogens (tertiary/aromatic N) is 3. The molecule has 2 N–H and O–H groups in total. The average molecular weight is 224 g/mol. The Kier molecular flexibility index (Phi) is 2.59. The number of benzene rings is 1. The van der Waals surface area contributed by atoms with Gasteiger partial charge in [0.1, 0.15) is 12.1 Å². The van der Waals surface area contributed by atoms with Gasteiger partial charge in [-0.2, -0.15) is 0 Å². The third-order valence-electron chi connectivity index (χ3n) is 1.77. The molecule has 0 atom stereocenters. The summed E-state index contributed by atoms with van der Waals surface area (Å²) in [6, 6.07) is 4.39. The fourth-order valence-corrected chi connectivity index (χ4v) is 1.97. The Morgan fingerprint density at radius 3 is 2.80 bits per heavy atom. The van der Waals surface area contributed by atoms with Crippen LogP contribution in [0.1, 0.15) is 0 Å². The standard InChI is InChI=1S/C9H9FN4S/c1-14-5-12-13-9(14)15-8-3-6(10)2-7(11)4-8/h2-5H,11H2,1H3. The van der Waals surface area contributed by atoms with Gasteiger partial charge in [0.15, 0.2) is 5.16 Å². The van der Waals surface area contributed by atoms with E-state index in [0.717, 1.165) is 0 Å². The van der Waals surface area contributed by atoms with Crippen LogP contribution in [0.25, 0.3) is 0 Å². The largest absolute Gasteiger partial charge is 0.399 e. The highest BCUT2D eigenvalue weighted by Crippen LogP contribution is 2.27. The monoisotopic (exact) mass is 224 g/mol. The average Bonchev–Trinajstić information content (AvgIpc) is 2.50. The van der Waals surface area contributed by atoms with Crippen molar-refractivity contribution < 1.29 is 4.39 Å². The Balaban J connectivity index is 2.28. The van der Waals surface area contributed by atoms with Crippen LogP contribution in [0.15, 0.2) is 34.6 Å². The van der Waals surface area contributed by atoms with Crippen LogP contribution in [-0.4, -0.2) is 14.8 Å². The summed E-state index contributed by atoms with van der Waals surface area (Å²) in [5, 5.41) is 8.31. The van der Waals surface area contributed by atoms with E-state index in [1.807, 2.05) is 7.05 Å². The van der Waals surface area contributed by atoms with Crippen LogP contribution in [-0.2, 0) is 7.05 Å². The maximum Gasteiger partial charge on any atom is 0.195 e. The number of rotatable bonds is 2. The highest BCUT2D eigenvalue weighted by atomic mass is 32.2. The molecule has 0 aliphatic heterocycles. The Bertz CT molecular complexity index is 462. The fourth-order valence-electron chi connectivity index (χ4n) is 1.11. The van der Waals surface area contributed by atoms with Crippen molar-refractivity contribution >= 4 is 17.4 Å². The minimum atomic E-state index is -0.348. The van der Waals surface area contributed by atoms with E-state index in [4.69, 9.17) is 5.73 Å². The van der Waals surface area contributed by atoms with Crippen LogP contribution in [0.5, 0.6) is 0 Å². The number of hydrogen-bond donors (Lipinski definition) is 1. The molecule has 4 nitrogen and oxygen atoms in total. The lowest BCUT2D eigenvalue weighted by atomic mass is 10.3. The molecule has 0 unspecified atom stereocenters. The van der Waals surface area contributed by atoms with Gasteiger partial charge < -0.3 is 10.3 Å². The molecular formula is C9H9FN4S. The van der Waals surface area contributed by atoms with E-state index in [0.29, 0.717) is 15.7 Å². The SMILES string of the molecule is Cn1cnnc1Sc1cc(N)cc(F)c1. The first-order chi connectivity index (χ1) is 7.15. The first-order valence-corrected chi connectivity index (χ1v) is 5.05. The Hall–Kier alpha value is -1.56. The molecule has 78 valence electrons. The molecule has 2 aromatic rings. The molecule has 0 radical (unpaired) electrons. The first-order valence-electron chi connectivity index (χ1n) is 4.23. The van der Waals surface area contributed by atoms with Crippen molar-refractivity contribution in [3.63, 3.8) is 0 Å². The summed E-state index contributed by atoms with van der Waals surface area (Å²) in [6.45, 7) is 0. The second-order valence-corrected chi connectivity index (χ2v) is 4.09. The van der Waals surface area contributed by atoms with Crippen LogP contribution >= 0.6 is 11.8 Å². The number of nitrogen functional groups attached to an aromatic ring is 1. The lowest BCUT2D eigenvalue weighted by Crippen LogP contribution is -1.90. The minimum Gasteiger partial charge on any atom is -0.399 e. The predicted molar refractivity (Wildman–Crippen MR) is 55.9 cm³/mol. The van der Waals surface area contributed by atoms with Crippen LogP contribution in [0.2, 0.25) is 0 Å². The number of halogens is 1. The maximum absolute atomic E-state index is 13.0. The van der Waals surface area contributed by atoms with Crippen molar-refractivity contribution in [2.45, 2.75) is 10.1 Å². The quantitative estimate of drug-likeness (QED) is 0.789. The highest BCUT2D eigenvalue weighted by molar-refractivity contribution is 7.99. The van der Waals surface area contributed by atoms with Crippen LogP contribution in [0.4, 0.5) is 10.1 Å². The zero-order valence-corrected chi connectivity index (χ0v) is 8.83. The molecular weight excluding hydrogens is 215 g/mol. The predicted octanol–water partition coefficient (Wildman–Crippen LogP) is 1.69. The molecule has 0 spiro atoms. The van der Waals surface area contributed by atoms with Gasteiger partial charge in [-0.05, 0) is 30.0 Å². The molecule has 0 bridgehead atoms. The molecule has 15 heavy (non-hydrogen) atoms. The molecule has 1 heterocycles. The summed E-state index contributed by atoms with van der Waals surface area (Å²) in [5.41, 5.74) is 5.93. The smallest absolute Gasteiger partial charge is 0.195 e. The topological polar surface area (TPSA) is 56.7 Å². The van der Waals surface area contributed by atoms with Crippen LogP contribution < -0.4 is 5.73 Å². The zero-order chi connectivity index (χ0) is 10.8. The second kappa shape index (κ2) is 3.90. The summed E-state index contributed by atoms with van der Waals surface area (Å²) in [4.78, 5) is 0.712. The summed E-state index contributed by atoms with van der Waals surface area (Å²) in [6.07, 6.45) is 1.59. The summed E-state index contributed by atoms with van der Waals surface area (Å²) in [7, 11) is 1.82. The molecule has 0 aliphatic rings. The third-order valence-corrected chi connectivity index (χ3v) is 2.80. The number of aromatic nitrogens is 3. The molecule has 0 saturated heterocycles. The van der Waals surface area contributed by atoms with Crippen LogP contribution in [0.3, 0.4) is 0 Å². The Morgan fingerprint density at radius 2 is 2.20 bits per heavy atom. The van der Waals surface area contributed by atoms with Gasteiger partial charge in [0.05, 0.1) is 0 Å².